The maximum atomic E-state index is 8.58. The van der Waals surface area contributed by atoms with E-state index >= 15 is 0 Å². The fraction of sp³-hybridized carbons (Fsp3) is 0.194. The topological polar surface area (TPSA) is 51.8 Å². The predicted octanol–water partition coefficient (Wildman–Crippen LogP) is 9.81. The van der Waals surface area contributed by atoms with Crippen molar-refractivity contribution in [3.05, 3.63) is 113 Å². The van der Waals surface area contributed by atoms with Crippen molar-refractivity contribution in [2.45, 2.75) is 41.0 Å². The van der Waals surface area contributed by atoms with Gasteiger partial charge in [0, 0.05) is 61.3 Å². The molecule has 0 unspecified atom stereocenters. The number of aromatic nitrogens is 3. The van der Waals surface area contributed by atoms with Crippen LogP contribution in [0.1, 0.15) is 39.6 Å². The largest absolute Gasteiger partial charge is 0.486 e. The molecule has 0 atom stereocenters. The molecule has 5 heterocycles. The summed E-state index contributed by atoms with van der Waals surface area (Å²) in [7, 11) is 0. The third kappa shape index (κ3) is 6.52. The molecule has 1 radical (unpaired) electrons. The Morgan fingerprint density at radius 2 is 1.71 bits per heavy atom. The minimum atomic E-state index is -1.43. The number of fused-ring (bicyclic) bond motifs is 4. The summed E-state index contributed by atoms with van der Waals surface area (Å²) in [6.45, 7) is 9.75. The molecule has 0 bridgehead atoms. The van der Waals surface area contributed by atoms with Crippen molar-refractivity contribution in [1.29, 1.82) is 0 Å². The molecule has 4 nitrogen and oxygen atoms in total. The van der Waals surface area contributed by atoms with Gasteiger partial charge in [-0.15, -0.1) is 65.4 Å². The van der Waals surface area contributed by atoms with Crippen molar-refractivity contribution in [3.63, 3.8) is 0 Å². The molecule has 6 heteroatoms. The van der Waals surface area contributed by atoms with E-state index in [9.17, 15) is 0 Å². The van der Waals surface area contributed by atoms with Crippen LogP contribution < -0.4 is 0 Å². The second-order valence-corrected chi connectivity index (χ2v) is 12.2. The molecular weight excluding hydrogens is 715 g/mol. The van der Waals surface area contributed by atoms with Crippen molar-refractivity contribution in [2.24, 2.45) is 5.41 Å². The molecule has 7 aromatic rings. The SMILES string of the molecule is Cc1ccc(-c2[c-]cccc2)nc1.[2H]C([2H])(c1cc2cnc(-c3[c-]ccc4c3oc3nc(C)ccc34)cc2s1)C(C)(C)C.[Ir]. The van der Waals surface area contributed by atoms with E-state index in [1.54, 1.807) is 6.20 Å². The van der Waals surface area contributed by atoms with Gasteiger partial charge in [-0.05, 0) is 60.8 Å². The van der Waals surface area contributed by atoms with E-state index in [1.807, 2.05) is 108 Å². The minimum Gasteiger partial charge on any atom is -0.486 e. The Morgan fingerprint density at radius 1 is 0.881 bits per heavy atom. The van der Waals surface area contributed by atoms with Crippen molar-refractivity contribution in [1.82, 2.24) is 15.0 Å². The zero-order chi connectivity index (χ0) is 30.4. The molecule has 213 valence electrons. The average molecular weight is 748 g/mol. The van der Waals surface area contributed by atoms with Crippen molar-refractivity contribution in [3.8, 4) is 22.5 Å². The first-order chi connectivity index (χ1) is 20.5. The molecule has 0 aliphatic rings. The first-order valence-corrected chi connectivity index (χ1v) is 14.3. The monoisotopic (exact) mass is 748 g/mol. The molecular formula is C36H31IrN3OS-2. The number of thiophene rings is 1. The fourth-order valence-corrected chi connectivity index (χ4v) is 5.77. The van der Waals surface area contributed by atoms with Crippen LogP contribution in [-0.4, -0.2) is 15.0 Å². The van der Waals surface area contributed by atoms with E-state index in [4.69, 9.17) is 7.16 Å². The number of benzene rings is 2. The summed E-state index contributed by atoms with van der Waals surface area (Å²) in [5, 5.41) is 2.91. The Hall–Kier alpha value is -3.70. The van der Waals surface area contributed by atoms with Gasteiger partial charge in [0.05, 0.1) is 5.58 Å². The van der Waals surface area contributed by atoms with Gasteiger partial charge >= 0.3 is 0 Å². The van der Waals surface area contributed by atoms with Gasteiger partial charge in [0.2, 0.25) is 5.71 Å². The van der Waals surface area contributed by atoms with Gasteiger partial charge in [-0.25, -0.2) is 4.98 Å². The second kappa shape index (κ2) is 12.3. The normalized spacial score (nSPS) is 12.4. The van der Waals surface area contributed by atoms with Gasteiger partial charge < -0.3 is 14.4 Å². The van der Waals surface area contributed by atoms with Gasteiger partial charge in [-0.3, -0.25) is 0 Å². The van der Waals surface area contributed by atoms with Crippen LogP contribution in [-0.2, 0) is 26.5 Å². The van der Waals surface area contributed by atoms with Gasteiger partial charge in [0.1, 0.15) is 0 Å². The van der Waals surface area contributed by atoms with Crippen LogP contribution in [0.25, 0.3) is 54.7 Å². The van der Waals surface area contributed by atoms with Crippen LogP contribution in [0.4, 0.5) is 0 Å². The number of nitrogens with zero attached hydrogens (tertiary/aromatic N) is 3. The molecule has 2 aromatic carbocycles. The van der Waals surface area contributed by atoms with Gasteiger partial charge in [0.25, 0.3) is 0 Å². The number of pyridine rings is 3. The molecule has 0 saturated heterocycles. The van der Waals surface area contributed by atoms with Crippen LogP contribution >= 0.6 is 11.3 Å². The van der Waals surface area contributed by atoms with Crippen molar-refractivity contribution >= 4 is 43.5 Å². The third-order valence-electron chi connectivity index (χ3n) is 6.49. The Morgan fingerprint density at radius 3 is 2.45 bits per heavy atom. The Kier molecular flexibility index (Phi) is 7.93. The van der Waals surface area contributed by atoms with Crippen LogP contribution in [0, 0.1) is 31.4 Å². The van der Waals surface area contributed by atoms with Crippen LogP contribution in [0.2, 0.25) is 0 Å². The quantitative estimate of drug-likeness (QED) is 0.169. The molecule has 0 amide bonds. The van der Waals surface area contributed by atoms with E-state index < -0.39 is 11.8 Å². The number of rotatable bonds is 3. The molecule has 0 saturated carbocycles. The molecule has 0 aliphatic carbocycles. The molecule has 42 heavy (non-hydrogen) atoms. The van der Waals surface area contributed by atoms with E-state index in [0.717, 1.165) is 59.5 Å². The van der Waals surface area contributed by atoms with Gasteiger partial charge in [0.15, 0.2) is 0 Å². The number of hydrogen-bond donors (Lipinski definition) is 0. The summed E-state index contributed by atoms with van der Waals surface area (Å²) in [5.74, 6) is 0. The molecule has 5 aromatic heterocycles. The summed E-state index contributed by atoms with van der Waals surface area (Å²) < 4.78 is 24.3. The first kappa shape index (κ1) is 27.2. The molecule has 0 spiro atoms. The summed E-state index contributed by atoms with van der Waals surface area (Å²) in [4.78, 5) is 14.2. The maximum Gasteiger partial charge on any atom is 0.216 e. The van der Waals surface area contributed by atoms with E-state index in [-0.39, 0.29) is 20.1 Å². The maximum absolute atomic E-state index is 8.58. The van der Waals surface area contributed by atoms with E-state index in [0.29, 0.717) is 5.71 Å². The summed E-state index contributed by atoms with van der Waals surface area (Å²) in [6.07, 6.45) is 2.25. The van der Waals surface area contributed by atoms with Crippen LogP contribution in [0.5, 0.6) is 0 Å². The fourth-order valence-electron chi connectivity index (χ4n) is 4.59. The first-order valence-electron chi connectivity index (χ1n) is 14.5. The molecule has 0 N–H and O–H groups in total. The Bertz CT molecular complexity index is 2060. The number of hydrogen-bond acceptors (Lipinski definition) is 5. The molecule has 0 aliphatic heterocycles. The van der Waals surface area contributed by atoms with Gasteiger partial charge in [-0.2, -0.15) is 0 Å². The number of aryl methyl sites for hydroxylation is 2. The average Bonchev–Trinajstić information content (AvgIpc) is 3.59. The zero-order valence-corrected chi connectivity index (χ0v) is 27.3. The minimum absolute atomic E-state index is 0. The Balaban J connectivity index is 0.000000230. The van der Waals surface area contributed by atoms with Crippen LogP contribution in [0.3, 0.4) is 0 Å². The Labute approximate surface area is 267 Å². The van der Waals surface area contributed by atoms with Gasteiger partial charge in [-0.1, -0.05) is 49.9 Å². The van der Waals surface area contributed by atoms with Crippen molar-refractivity contribution in [2.75, 3.05) is 0 Å². The number of furan rings is 1. The summed E-state index contributed by atoms with van der Waals surface area (Å²) >= 11 is 1.48. The molecule has 0 fully saturated rings. The molecule has 7 rings (SSSR count). The second-order valence-electron chi connectivity index (χ2n) is 11.1. The van der Waals surface area contributed by atoms with E-state index in [2.05, 4.69) is 33.2 Å². The summed E-state index contributed by atoms with van der Waals surface area (Å²) in [6, 6.07) is 30.2. The standard InChI is InChI=1S/C24H21N2OS.C12H10N.Ir/c1-14-8-9-18-17-6-5-7-19(22(17)27-23(18)26-14)20-11-21-15(13-25-20)10-16(28-21)12-24(2,3)4;1-10-7-8-12(13-9-10)11-5-3-2-4-6-11;/h5-6,8-11,13H,12H2,1-4H3;2-5,7-9H,1H3;/q2*-1;/i12D2;;. The van der Waals surface area contributed by atoms with Crippen molar-refractivity contribution < 1.29 is 27.3 Å². The van der Waals surface area contributed by atoms with Crippen LogP contribution in [0.15, 0.2) is 89.6 Å². The predicted molar refractivity (Wildman–Crippen MR) is 170 cm³/mol. The smallest absolute Gasteiger partial charge is 0.216 e. The zero-order valence-electron chi connectivity index (χ0n) is 26.1. The van der Waals surface area contributed by atoms with E-state index in [1.165, 1.54) is 16.9 Å². The summed E-state index contributed by atoms with van der Waals surface area (Å²) in [5.41, 5.74) is 6.50. The third-order valence-corrected chi connectivity index (χ3v) is 7.50.